The number of rotatable bonds is 5. The Morgan fingerprint density at radius 3 is 2.47 bits per heavy atom. The Kier molecular flexibility index (Phi) is 4.78. The van der Waals surface area contributed by atoms with Crippen molar-refractivity contribution in [3.8, 4) is 5.75 Å². The summed E-state index contributed by atoms with van der Waals surface area (Å²) >= 11 is 0. The van der Waals surface area contributed by atoms with E-state index in [1.54, 1.807) is 7.11 Å². The highest BCUT2D eigenvalue weighted by atomic mass is 32.2. The number of ether oxygens (including phenoxy) is 1. The first-order valence-corrected chi connectivity index (χ1v) is 6.23. The summed E-state index contributed by atoms with van der Waals surface area (Å²) in [7, 11) is 0.663. The van der Waals surface area contributed by atoms with Crippen LogP contribution in [-0.2, 0) is 10.8 Å². The van der Waals surface area contributed by atoms with Gasteiger partial charge in [-0.1, -0.05) is 0 Å². The lowest BCUT2D eigenvalue weighted by Crippen LogP contribution is -2.17. The maximum absolute atomic E-state index is 11.8. The fourth-order valence-electron chi connectivity index (χ4n) is 1.14. The number of nitrogens with two attached hydrogens (primary N) is 1. The molecule has 0 heterocycles. The lowest BCUT2D eigenvalue weighted by Gasteiger charge is -2.05. The topological polar surface area (TPSA) is 52.3 Å². The normalized spacial score (nSPS) is 14.6. The van der Waals surface area contributed by atoms with Gasteiger partial charge in [-0.25, -0.2) is 0 Å². The van der Waals surface area contributed by atoms with Crippen molar-refractivity contribution in [3.63, 3.8) is 0 Å². The average Bonchev–Trinajstić information content (AvgIpc) is 2.26. The zero-order valence-electron chi connectivity index (χ0n) is 9.10. The summed E-state index contributed by atoms with van der Waals surface area (Å²) in [6.45, 7) is 1.92. The summed E-state index contributed by atoms with van der Waals surface area (Å²) in [5.74, 6) is 1.40. The second kappa shape index (κ2) is 5.88. The zero-order chi connectivity index (χ0) is 11.3. The van der Waals surface area contributed by atoms with Gasteiger partial charge in [0, 0.05) is 16.7 Å². The summed E-state index contributed by atoms with van der Waals surface area (Å²) in [5, 5.41) is 0. The molecule has 3 nitrogen and oxygen atoms in total. The van der Waals surface area contributed by atoms with Crippen molar-refractivity contribution in [1.29, 1.82) is 0 Å². The highest BCUT2D eigenvalue weighted by molar-refractivity contribution is 7.85. The Morgan fingerprint density at radius 1 is 1.40 bits per heavy atom. The van der Waals surface area contributed by atoms with E-state index in [9.17, 15) is 4.21 Å². The molecule has 0 aliphatic carbocycles. The molecule has 0 aliphatic heterocycles. The van der Waals surface area contributed by atoms with Gasteiger partial charge in [-0.15, -0.1) is 0 Å². The van der Waals surface area contributed by atoms with Gasteiger partial charge in [0.15, 0.2) is 0 Å². The molecule has 1 rings (SSSR count). The fourth-order valence-corrected chi connectivity index (χ4v) is 2.40. The molecule has 0 spiro atoms. The van der Waals surface area contributed by atoms with Crippen LogP contribution < -0.4 is 10.5 Å². The van der Waals surface area contributed by atoms with Gasteiger partial charge < -0.3 is 10.5 Å². The third-order valence-corrected chi connectivity index (χ3v) is 3.49. The van der Waals surface area contributed by atoms with Gasteiger partial charge in [0.25, 0.3) is 0 Å². The van der Waals surface area contributed by atoms with Gasteiger partial charge in [-0.05, 0) is 37.6 Å². The van der Waals surface area contributed by atoms with E-state index in [4.69, 9.17) is 10.5 Å². The average molecular weight is 227 g/mol. The van der Waals surface area contributed by atoms with Gasteiger partial charge >= 0.3 is 0 Å². The second-order valence-corrected chi connectivity index (χ2v) is 5.06. The third-order valence-electron chi connectivity index (χ3n) is 2.08. The van der Waals surface area contributed by atoms with Crippen LogP contribution in [-0.4, -0.2) is 23.1 Å². The van der Waals surface area contributed by atoms with Crippen LogP contribution in [0.25, 0.3) is 0 Å². The van der Waals surface area contributed by atoms with E-state index in [0.29, 0.717) is 5.75 Å². The van der Waals surface area contributed by atoms with Crippen LogP contribution in [0.2, 0.25) is 0 Å². The summed E-state index contributed by atoms with van der Waals surface area (Å²) in [4.78, 5) is 0.830. The van der Waals surface area contributed by atoms with E-state index in [0.717, 1.165) is 17.1 Å². The van der Waals surface area contributed by atoms with Crippen molar-refractivity contribution in [2.75, 3.05) is 12.9 Å². The van der Waals surface area contributed by atoms with E-state index in [1.807, 2.05) is 31.2 Å². The van der Waals surface area contributed by atoms with Crippen LogP contribution in [0.1, 0.15) is 13.3 Å². The molecule has 15 heavy (non-hydrogen) atoms. The van der Waals surface area contributed by atoms with Crippen molar-refractivity contribution < 1.29 is 8.95 Å². The number of benzene rings is 1. The summed E-state index contributed by atoms with van der Waals surface area (Å²) in [6.07, 6.45) is 0.776. The minimum atomic E-state index is -0.950. The van der Waals surface area contributed by atoms with E-state index >= 15 is 0 Å². The number of hydrogen-bond acceptors (Lipinski definition) is 3. The molecule has 0 saturated carbocycles. The van der Waals surface area contributed by atoms with Crippen molar-refractivity contribution in [2.45, 2.75) is 24.3 Å². The first-order valence-electron chi connectivity index (χ1n) is 4.91. The highest BCUT2D eigenvalue weighted by Gasteiger charge is 2.05. The monoisotopic (exact) mass is 227 g/mol. The molecule has 4 heteroatoms. The fraction of sp³-hybridized carbons (Fsp3) is 0.455. The Morgan fingerprint density at radius 2 is 2.00 bits per heavy atom. The van der Waals surface area contributed by atoms with E-state index in [2.05, 4.69) is 0 Å². The third kappa shape index (κ3) is 4.01. The maximum atomic E-state index is 11.8. The molecule has 0 radical (unpaired) electrons. The zero-order valence-corrected chi connectivity index (χ0v) is 9.92. The lowest BCUT2D eigenvalue weighted by atomic mass is 10.3. The molecule has 1 aromatic rings. The molecule has 0 fully saturated rings. The molecule has 0 aliphatic rings. The predicted octanol–water partition coefficient (Wildman–Crippen LogP) is 1.54. The van der Waals surface area contributed by atoms with Crippen molar-refractivity contribution in [1.82, 2.24) is 0 Å². The first kappa shape index (κ1) is 12.2. The predicted molar refractivity (Wildman–Crippen MR) is 62.5 cm³/mol. The second-order valence-electron chi connectivity index (χ2n) is 3.49. The summed E-state index contributed by atoms with van der Waals surface area (Å²) in [5.41, 5.74) is 5.61. The Bertz CT molecular complexity index is 322. The minimum absolute atomic E-state index is 0.104. The van der Waals surface area contributed by atoms with Crippen LogP contribution in [0.4, 0.5) is 0 Å². The van der Waals surface area contributed by atoms with E-state index in [1.165, 1.54) is 0 Å². The van der Waals surface area contributed by atoms with Gasteiger partial charge in [0.05, 0.1) is 17.9 Å². The van der Waals surface area contributed by atoms with Gasteiger partial charge in [-0.2, -0.15) is 0 Å². The minimum Gasteiger partial charge on any atom is -0.497 e. The summed E-state index contributed by atoms with van der Waals surface area (Å²) < 4.78 is 16.8. The van der Waals surface area contributed by atoms with Crippen LogP contribution in [0.5, 0.6) is 5.75 Å². The van der Waals surface area contributed by atoms with Gasteiger partial charge in [0.1, 0.15) is 5.75 Å². The molecule has 0 amide bonds. The quantitative estimate of drug-likeness (QED) is 0.830. The van der Waals surface area contributed by atoms with Crippen LogP contribution in [0.3, 0.4) is 0 Å². The van der Waals surface area contributed by atoms with Gasteiger partial charge in [-0.3, -0.25) is 4.21 Å². The molecule has 2 unspecified atom stereocenters. The SMILES string of the molecule is COc1ccc(S(=O)CCC(C)N)cc1. The van der Waals surface area contributed by atoms with Crippen molar-refractivity contribution in [2.24, 2.45) is 5.73 Å². The molecular formula is C11H17NO2S. The number of methoxy groups -OCH3 is 1. The molecule has 84 valence electrons. The Labute approximate surface area is 93.1 Å². The molecule has 0 aromatic heterocycles. The molecule has 0 bridgehead atoms. The molecule has 2 atom stereocenters. The first-order chi connectivity index (χ1) is 7.13. The van der Waals surface area contributed by atoms with Crippen molar-refractivity contribution >= 4 is 10.8 Å². The van der Waals surface area contributed by atoms with Crippen LogP contribution in [0.15, 0.2) is 29.2 Å². The van der Waals surface area contributed by atoms with Crippen molar-refractivity contribution in [3.05, 3.63) is 24.3 Å². The Balaban J connectivity index is 2.58. The Hall–Kier alpha value is -0.870. The summed E-state index contributed by atoms with van der Waals surface area (Å²) in [6, 6.07) is 7.40. The van der Waals surface area contributed by atoms with Crippen LogP contribution >= 0.6 is 0 Å². The molecule has 0 saturated heterocycles. The maximum Gasteiger partial charge on any atom is 0.118 e. The molecule has 2 N–H and O–H groups in total. The van der Waals surface area contributed by atoms with E-state index < -0.39 is 10.8 Å². The highest BCUT2D eigenvalue weighted by Crippen LogP contribution is 2.14. The molecular weight excluding hydrogens is 210 g/mol. The van der Waals surface area contributed by atoms with E-state index in [-0.39, 0.29) is 6.04 Å². The lowest BCUT2D eigenvalue weighted by molar-refractivity contribution is 0.414. The number of hydrogen-bond donors (Lipinski definition) is 1. The van der Waals surface area contributed by atoms with Crippen LogP contribution in [0, 0.1) is 0 Å². The van der Waals surface area contributed by atoms with Gasteiger partial charge in [0.2, 0.25) is 0 Å². The smallest absolute Gasteiger partial charge is 0.118 e. The standard InChI is InChI=1S/C11H17NO2S/c1-9(12)7-8-15(13)11-5-3-10(14-2)4-6-11/h3-6,9H,7-8,12H2,1-2H3. The molecule has 1 aromatic carbocycles. The largest absolute Gasteiger partial charge is 0.497 e.